The van der Waals surface area contributed by atoms with Gasteiger partial charge in [-0.2, -0.15) is 0 Å². The van der Waals surface area contributed by atoms with Crippen LogP contribution in [0.25, 0.3) is 44.4 Å². The number of nitrogens with zero attached hydrogens (tertiary/aromatic N) is 2. The number of aromatic nitrogens is 2. The van der Waals surface area contributed by atoms with E-state index >= 15 is 0 Å². The Kier molecular flexibility index (Phi) is 4.37. The van der Waals surface area contributed by atoms with Crippen LogP contribution >= 0.6 is 0 Å². The number of phenolic OH excluding ortho intramolecular Hbond substituents is 1. The van der Waals surface area contributed by atoms with Gasteiger partial charge in [-0.05, 0) is 23.8 Å². The molecule has 1 radical (unpaired) electrons. The first kappa shape index (κ1) is 17.9. The van der Waals surface area contributed by atoms with Crippen LogP contribution in [-0.4, -0.2) is 20.2 Å². The highest BCUT2D eigenvalue weighted by atomic mass is 16.3. The fraction of sp³-hybridized carbons (Fsp3) is 0. The highest BCUT2D eigenvalue weighted by Crippen LogP contribution is 2.40. The van der Waals surface area contributed by atoms with Gasteiger partial charge in [-0.25, -0.2) is 9.97 Å². The van der Waals surface area contributed by atoms with Crippen molar-refractivity contribution >= 4 is 10.9 Å². The molecule has 30 heavy (non-hydrogen) atoms. The monoisotopic (exact) mass is 389 g/mol. The van der Waals surface area contributed by atoms with Crippen LogP contribution in [0.5, 0.6) is 11.6 Å². The van der Waals surface area contributed by atoms with E-state index in [4.69, 9.17) is 4.98 Å². The summed E-state index contributed by atoms with van der Waals surface area (Å²) in [5.74, 6) is 0.0397. The summed E-state index contributed by atoms with van der Waals surface area (Å²) in [6.07, 6.45) is 1.55. The zero-order valence-corrected chi connectivity index (χ0v) is 15.9. The van der Waals surface area contributed by atoms with E-state index in [9.17, 15) is 10.2 Å². The number of pyridine rings is 2. The summed E-state index contributed by atoms with van der Waals surface area (Å²) in [6, 6.07) is 29.6. The molecule has 0 unspecified atom stereocenters. The Morgan fingerprint density at radius 3 is 2.20 bits per heavy atom. The molecule has 0 bridgehead atoms. The summed E-state index contributed by atoms with van der Waals surface area (Å²) >= 11 is 0. The van der Waals surface area contributed by atoms with Gasteiger partial charge < -0.3 is 10.2 Å². The molecule has 0 spiro atoms. The van der Waals surface area contributed by atoms with Crippen molar-refractivity contribution in [1.29, 1.82) is 0 Å². The second-order valence-electron chi connectivity index (χ2n) is 6.95. The van der Waals surface area contributed by atoms with Gasteiger partial charge in [0.25, 0.3) is 0 Å². The molecule has 143 valence electrons. The minimum atomic E-state index is -0.0956. The molecule has 0 aliphatic carbocycles. The molecule has 5 aromatic rings. The molecule has 2 aromatic heterocycles. The second-order valence-corrected chi connectivity index (χ2v) is 6.95. The summed E-state index contributed by atoms with van der Waals surface area (Å²) in [7, 11) is 0. The summed E-state index contributed by atoms with van der Waals surface area (Å²) in [4.78, 5) is 9.14. The van der Waals surface area contributed by atoms with Crippen LogP contribution in [0.1, 0.15) is 0 Å². The smallest absolute Gasteiger partial charge is 0.220 e. The van der Waals surface area contributed by atoms with Crippen molar-refractivity contribution in [3.8, 4) is 45.1 Å². The maximum Gasteiger partial charge on any atom is 0.220 e. The Bertz CT molecular complexity index is 1350. The zero-order valence-electron chi connectivity index (χ0n) is 15.9. The van der Waals surface area contributed by atoms with Gasteiger partial charge in [-0.15, -0.1) is 0 Å². The number of fused-ring (bicyclic) bond motifs is 1. The summed E-state index contributed by atoms with van der Waals surface area (Å²) in [5.41, 5.74) is 5.44. The Morgan fingerprint density at radius 1 is 0.700 bits per heavy atom. The number of benzene rings is 3. The van der Waals surface area contributed by atoms with Crippen LogP contribution in [-0.2, 0) is 0 Å². The van der Waals surface area contributed by atoms with E-state index < -0.39 is 0 Å². The largest absolute Gasteiger partial charge is 0.507 e. The van der Waals surface area contributed by atoms with Crippen molar-refractivity contribution in [2.75, 3.05) is 0 Å². The second kappa shape index (κ2) is 7.33. The van der Waals surface area contributed by atoms with Crippen molar-refractivity contribution in [1.82, 2.24) is 9.97 Å². The standard InChI is InChI=1S/C26H17N2O2/c29-23-14-8-7-13-19(23)22-16-27-26(30)21-15-20(17-9-3-1-4-10-17)24(28-25(21)22)18-11-5-2-6-12-18/h1,3-16,29H,(H,27,30). The molecule has 0 fully saturated rings. The molecule has 0 saturated heterocycles. The number of aromatic hydroxyl groups is 2. The Hall–Kier alpha value is -4.18. The highest BCUT2D eigenvalue weighted by molar-refractivity contribution is 6.01. The first-order valence-electron chi connectivity index (χ1n) is 9.55. The van der Waals surface area contributed by atoms with Crippen LogP contribution in [0, 0.1) is 6.07 Å². The van der Waals surface area contributed by atoms with Crippen LogP contribution < -0.4 is 0 Å². The fourth-order valence-corrected chi connectivity index (χ4v) is 3.65. The lowest BCUT2D eigenvalue weighted by Crippen LogP contribution is -1.95. The molecule has 0 aliphatic rings. The maximum absolute atomic E-state index is 10.5. The van der Waals surface area contributed by atoms with E-state index in [1.54, 1.807) is 18.3 Å². The number of para-hydroxylation sites is 1. The van der Waals surface area contributed by atoms with Crippen molar-refractivity contribution < 1.29 is 10.2 Å². The molecule has 3 aromatic carbocycles. The first-order valence-corrected chi connectivity index (χ1v) is 9.55. The molecule has 0 saturated carbocycles. The van der Waals surface area contributed by atoms with Crippen molar-refractivity contribution in [2.24, 2.45) is 0 Å². The Labute approximate surface area is 173 Å². The number of rotatable bonds is 3. The van der Waals surface area contributed by atoms with Gasteiger partial charge in [-0.3, -0.25) is 0 Å². The minimum Gasteiger partial charge on any atom is -0.507 e. The van der Waals surface area contributed by atoms with Gasteiger partial charge in [0.15, 0.2) is 0 Å². The third-order valence-corrected chi connectivity index (χ3v) is 5.11. The summed E-state index contributed by atoms with van der Waals surface area (Å²) in [5, 5.41) is 21.4. The molecular weight excluding hydrogens is 372 g/mol. The van der Waals surface area contributed by atoms with Crippen LogP contribution in [0.2, 0.25) is 0 Å². The molecule has 4 heteroatoms. The van der Waals surface area contributed by atoms with Gasteiger partial charge in [0.1, 0.15) is 5.75 Å². The lowest BCUT2D eigenvalue weighted by atomic mass is 9.96. The summed E-state index contributed by atoms with van der Waals surface area (Å²) in [6.45, 7) is 0. The lowest BCUT2D eigenvalue weighted by Gasteiger charge is -2.14. The van der Waals surface area contributed by atoms with E-state index in [1.165, 1.54) is 0 Å². The Balaban J connectivity index is 1.88. The SMILES string of the molecule is Oc1ccccc1-c1cnc(O)c2cc(-c3ccccc3)c(-c3cc[c]cc3)nc12. The maximum atomic E-state index is 10.5. The van der Waals surface area contributed by atoms with Gasteiger partial charge >= 0.3 is 0 Å². The van der Waals surface area contributed by atoms with E-state index in [1.807, 2.05) is 72.8 Å². The minimum absolute atomic E-state index is 0.0956. The highest BCUT2D eigenvalue weighted by Gasteiger charge is 2.18. The van der Waals surface area contributed by atoms with Crippen LogP contribution in [0.15, 0.2) is 91.1 Å². The third-order valence-electron chi connectivity index (χ3n) is 5.11. The summed E-state index contributed by atoms with van der Waals surface area (Å²) < 4.78 is 0. The fourth-order valence-electron chi connectivity index (χ4n) is 3.65. The average molecular weight is 389 g/mol. The molecular formula is C26H17N2O2. The van der Waals surface area contributed by atoms with E-state index in [0.29, 0.717) is 22.0 Å². The van der Waals surface area contributed by atoms with E-state index in [2.05, 4.69) is 11.1 Å². The van der Waals surface area contributed by atoms with Crippen molar-refractivity contribution in [2.45, 2.75) is 0 Å². The first-order chi connectivity index (χ1) is 14.7. The van der Waals surface area contributed by atoms with Gasteiger partial charge in [-0.1, -0.05) is 72.8 Å². The Morgan fingerprint density at radius 2 is 1.43 bits per heavy atom. The number of hydrogen-bond donors (Lipinski definition) is 2. The molecule has 5 rings (SSSR count). The molecule has 0 atom stereocenters. The van der Waals surface area contributed by atoms with Crippen LogP contribution in [0.4, 0.5) is 0 Å². The number of phenols is 1. The predicted molar refractivity (Wildman–Crippen MR) is 118 cm³/mol. The molecule has 2 N–H and O–H groups in total. The topological polar surface area (TPSA) is 66.2 Å². The average Bonchev–Trinajstić information content (AvgIpc) is 2.80. The van der Waals surface area contributed by atoms with E-state index in [-0.39, 0.29) is 11.6 Å². The van der Waals surface area contributed by atoms with Crippen molar-refractivity contribution in [3.63, 3.8) is 0 Å². The number of hydrogen-bond acceptors (Lipinski definition) is 4. The third kappa shape index (κ3) is 3.05. The molecule has 0 amide bonds. The predicted octanol–water partition coefficient (Wildman–Crippen LogP) is 5.84. The molecule has 2 heterocycles. The lowest BCUT2D eigenvalue weighted by molar-refractivity contribution is 0.460. The van der Waals surface area contributed by atoms with E-state index in [0.717, 1.165) is 22.4 Å². The van der Waals surface area contributed by atoms with Crippen molar-refractivity contribution in [3.05, 3.63) is 97.2 Å². The molecule has 0 aliphatic heterocycles. The van der Waals surface area contributed by atoms with Gasteiger partial charge in [0.05, 0.1) is 16.6 Å². The van der Waals surface area contributed by atoms with Crippen LogP contribution in [0.3, 0.4) is 0 Å². The molecule has 4 nitrogen and oxygen atoms in total. The van der Waals surface area contributed by atoms with Gasteiger partial charge in [0.2, 0.25) is 5.88 Å². The normalized spacial score (nSPS) is 10.9. The zero-order chi connectivity index (χ0) is 20.5. The quantitative estimate of drug-likeness (QED) is 0.407. The van der Waals surface area contributed by atoms with Gasteiger partial charge in [0, 0.05) is 28.5 Å².